The normalized spacial score (nSPS) is 13.1. The smallest absolute Gasteiger partial charge is 0.341 e. The molecule has 0 saturated heterocycles. The highest BCUT2D eigenvalue weighted by Crippen LogP contribution is 2.31. The van der Waals surface area contributed by atoms with Crippen LogP contribution in [0.25, 0.3) is 16.1 Å². The predicted octanol–water partition coefficient (Wildman–Crippen LogP) is 6.51. The number of aromatic nitrogens is 3. The van der Waals surface area contributed by atoms with Gasteiger partial charge in [0.2, 0.25) is 0 Å². The number of carbonyl (C=O) groups is 1. The first-order valence-electron chi connectivity index (χ1n) is 12.2. The Bertz CT molecular complexity index is 1340. The highest BCUT2D eigenvalue weighted by Gasteiger charge is 2.22. The number of thiophene rings is 1. The lowest BCUT2D eigenvalue weighted by Crippen LogP contribution is -2.08. The van der Waals surface area contributed by atoms with Crippen LogP contribution in [0.5, 0.6) is 5.75 Å². The van der Waals surface area contributed by atoms with Gasteiger partial charge in [0.15, 0.2) is 5.82 Å². The second-order valence-electron chi connectivity index (χ2n) is 9.50. The standard InChI is InChI=1S/C28H30N4O3S/c1-18(2)12-22-15-26(31-32(22)21-6-4-7-23(14-21)35-17-19-9-10-19)30-27-24(28(33)34-3)13-20(16-29-27)25-8-5-11-36-25/h4-8,11,13-16,18-19H,9-10,12,17H2,1-3H3,(H,29,30,31). The number of esters is 1. The monoisotopic (exact) mass is 502 g/mol. The first-order valence-corrected chi connectivity index (χ1v) is 13.1. The molecule has 1 aromatic carbocycles. The van der Waals surface area contributed by atoms with E-state index >= 15 is 0 Å². The van der Waals surface area contributed by atoms with Gasteiger partial charge < -0.3 is 14.8 Å². The molecule has 0 atom stereocenters. The number of rotatable bonds is 10. The molecular weight excluding hydrogens is 472 g/mol. The lowest BCUT2D eigenvalue weighted by atomic mass is 10.1. The number of nitrogens with one attached hydrogen (secondary N) is 1. The molecule has 1 N–H and O–H groups in total. The fraction of sp³-hybridized carbons (Fsp3) is 0.321. The summed E-state index contributed by atoms with van der Waals surface area (Å²) in [6.45, 7) is 5.12. The Morgan fingerprint density at radius 3 is 2.78 bits per heavy atom. The maximum absolute atomic E-state index is 12.6. The van der Waals surface area contributed by atoms with Gasteiger partial charge in [-0.2, -0.15) is 0 Å². The van der Waals surface area contributed by atoms with Crippen molar-refractivity contribution in [1.82, 2.24) is 14.8 Å². The van der Waals surface area contributed by atoms with Gasteiger partial charge in [-0.05, 0) is 60.7 Å². The van der Waals surface area contributed by atoms with Gasteiger partial charge in [0.25, 0.3) is 0 Å². The van der Waals surface area contributed by atoms with E-state index in [9.17, 15) is 4.79 Å². The zero-order chi connectivity index (χ0) is 25.1. The van der Waals surface area contributed by atoms with Gasteiger partial charge in [-0.25, -0.2) is 14.5 Å². The van der Waals surface area contributed by atoms with Gasteiger partial charge >= 0.3 is 5.97 Å². The van der Waals surface area contributed by atoms with E-state index in [1.807, 2.05) is 52.5 Å². The molecule has 0 radical (unpaired) electrons. The minimum atomic E-state index is -0.453. The van der Waals surface area contributed by atoms with E-state index < -0.39 is 5.97 Å². The predicted molar refractivity (Wildman–Crippen MR) is 142 cm³/mol. The summed E-state index contributed by atoms with van der Waals surface area (Å²) >= 11 is 1.59. The third-order valence-corrected chi connectivity index (χ3v) is 6.91. The first kappa shape index (κ1) is 24.1. The zero-order valence-corrected chi connectivity index (χ0v) is 21.5. The average molecular weight is 503 g/mol. The number of anilines is 2. The van der Waals surface area contributed by atoms with Crippen LogP contribution in [-0.2, 0) is 11.2 Å². The maximum atomic E-state index is 12.6. The number of hydrogen-bond acceptors (Lipinski definition) is 7. The SMILES string of the molecule is COC(=O)c1cc(-c2cccs2)cnc1Nc1cc(CC(C)C)n(-c2cccc(OCC3CC3)c2)n1. The number of carbonyl (C=O) groups excluding carboxylic acids is 1. The van der Waals surface area contributed by atoms with Crippen molar-refractivity contribution >= 4 is 28.9 Å². The van der Waals surface area contributed by atoms with Crippen molar-refractivity contribution in [3.63, 3.8) is 0 Å². The van der Waals surface area contributed by atoms with Crippen LogP contribution in [-0.4, -0.2) is 34.5 Å². The van der Waals surface area contributed by atoms with Crippen molar-refractivity contribution in [2.24, 2.45) is 11.8 Å². The van der Waals surface area contributed by atoms with Crippen LogP contribution in [0.3, 0.4) is 0 Å². The molecule has 0 unspecified atom stereocenters. The van der Waals surface area contributed by atoms with E-state index in [0.29, 0.717) is 29.0 Å². The number of ether oxygens (including phenoxy) is 2. The molecule has 1 aliphatic rings. The molecule has 4 aromatic rings. The van der Waals surface area contributed by atoms with Crippen LogP contribution in [0, 0.1) is 11.8 Å². The van der Waals surface area contributed by atoms with Crippen LogP contribution >= 0.6 is 11.3 Å². The third kappa shape index (κ3) is 5.60. The third-order valence-electron chi connectivity index (χ3n) is 5.99. The van der Waals surface area contributed by atoms with Gasteiger partial charge in [-0.3, -0.25) is 0 Å². The number of nitrogens with zero attached hydrogens (tertiary/aromatic N) is 3. The summed E-state index contributed by atoms with van der Waals surface area (Å²) in [5, 5.41) is 10.1. The van der Waals surface area contributed by atoms with Crippen molar-refractivity contribution in [3.8, 4) is 21.9 Å². The molecule has 1 fully saturated rings. The van der Waals surface area contributed by atoms with Crippen molar-refractivity contribution in [1.29, 1.82) is 0 Å². The van der Waals surface area contributed by atoms with Gasteiger partial charge in [-0.15, -0.1) is 16.4 Å². The fourth-order valence-corrected chi connectivity index (χ4v) is 4.71. The first-order chi connectivity index (χ1) is 17.5. The molecule has 0 aliphatic heterocycles. The van der Waals surface area contributed by atoms with Gasteiger partial charge in [0, 0.05) is 34.5 Å². The van der Waals surface area contributed by atoms with Crippen molar-refractivity contribution in [2.75, 3.05) is 19.0 Å². The Labute approximate surface area is 215 Å². The lowest BCUT2D eigenvalue weighted by molar-refractivity contribution is 0.0601. The Morgan fingerprint density at radius 2 is 2.06 bits per heavy atom. The number of benzene rings is 1. The molecule has 0 bridgehead atoms. The molecule has 1 aliphatic carbocycles. The van der Waals surface area contributed by atoms with E-state index in [2.05, 4.69) is 24.1 Å². The minimum absolute atomic E-state index is 0.360. The van der Waals surface area contributed by atoms with Crippen LogP contribution in [0.2, 0.25) is 0 Å². The van der Waals surface area contributed by atoms with Gasteiger partial charge in [-0.1, -0.05) is 26.0 Å². The van der Waals surface area contributed by atoms with E-state index in [0.717, 1.165) is 40.6 Å². The van der Waals surface area contributed by atoms with Crippen LogP contribution in [0.15, 0.2) is 60.1 Å². The summed E-state index contributed by atoms with van der Waals surface area (Å²) in [6, 6.07) is 15.8. The molecular formula is C28H30N4O3S. The Morgan fingerprint density at radius 1 is 1.19 bits per heavy atom. The number of pyridine rings is 1. The van der Waals surface area contributed by atoms with Crippen molar-refractivity contribution in [2.45, 2.75) is 33.1 Å². The van der Waals surface area contributed by atoms with Crippen LogP contribution in [0.4, 0.5) is 11.6 Å². The topological polar surface area (TPSA) is 78.3 Å². The summed E-state index contributed by atoms with van der Waals surface area (Å²) in [4.78, 5) is 18.2. The minimum Gasteiger partial charge on any atom is -0.493 e. The Hall–Kier alpha value is -3.65. The van der Waals surface area contributed by atoms with Crippen molar-refractivity contribution in [3.05, 3.63) is 71.4 Å². The molecule has 36 heavy (non-hydrogen) atoms. The molecule has 3 heterocycles. The molecule has 5 rings (SSSR count). The van der Waals surface area contributed by atoms with Crippen molar-refractivity contribution < 1.29 is 14.3 Å². The number of methoxy groups -OCH3 is 1. The van der Waals surface area contributed by atoms with Gasteiger partial charge in [0.1, 0.15) is 17.1 Å². The fourth-order valence-electron chi connectivity index (χ4n) is 4.00. The molecule has 0 spiro atoms. The second kappa shape index (κ2) is 10.5. The molecule has 186 valence electrons. The summed E-state index contributed by atoms with van der Waals surface area (Å²) in [5.41, 5.74) is 3.21. The summed E-state index contributed by atoms with van der Waals surface area (Å²) in [6.07, 6.45) is 5.11. The molecule has 3 aromatic heterocycles. The summed E-state index contributed by atoms with van der Waals surface area (Å²) < 4.78 is 13.0. The van der Waals surface area contributed by atoms with E-state index in [1.165, 1.54) is 20.0 Å². The lowest BCUT2D eigenvalue weighted by Gasteiger charge is -2.11. The summed E-state index contributed by atoms with van der Waals surface area (Å²) in [5.74, 6) is 2.54. The zero-order valence-electron chi connectivity index (χ0n) is 20.7. The van der Waals surface area contributed by atoms with E-state index in [-0.39, 0.29) is 0 Å². The summed E-state index contributed by atoms with van der Waals surface area (Å²) in [7, 11) is 1.37. The highest BCUT2D eigenvalue weighted by atomic mass is 32.1. The molecule has 1 saturated carbocycles. The molecule has 7 nitrogen and oxygen atoms in total. The highest BCUT2D eigenvalue weighted by molar-refractivity contribution is 7.13. The Kier molecular flexibility index (Phi) is 7.04. The van der Waals surface area contributed by atoms with E-state index in [4.69, 9.17) is 14.6 Å². The van der Waals surface area contributed by atoms with Crippen LogP contribution in [0.1, 0.15) is 42.7 Å². The second-order valence-corrected chi connectivity index (χ2v) is 10.4. The quantitative estimate of drug-likeness (QED) is 0.249. The maximum Gasteiger partial charge on any atom is 0.341 e. The molecule has 0 amide bonds. The van der Waals surface area contributed by atoms with Gasteiger partial charge in [0.05, 0.1) is 19.4 Å². The van der Waals surface area contributed by atoms with Crippen LogP contribution < -0.4 is 10.1 Å². The average Bonchev–Trinajstić information content (AvgIpc) is 3.38. The molecule has 8 heteroatoms. The Balaban J connectivity index is 1.46. The van der Waals surface area contributed by atoms with E-state index in [1.54, 1.807) is 23.6 Å². The number of hydrogen-bond donors (Lipinski definition) is 1. The largest absolute Gasteiger partial charge is 0.493 e.